The summed E-state index contributed by atoms with van der Waals surface area (Å²) in [5.74, 6) is 3.07. The Hall–Kier alpha value is -0.620. The summed E-state index contributed by atoms with van der Waals surface area (Å²) in [6.45, 7) is 1.80. The van der Waals surface area contributed by atoms with Crippen molar-refractivity contribution >= 4 is 15.9 Å². The molecule has 1 atom stereocenters. The van der Waals surface area contributed by atoms with Crippen molar-refractivity contribution in [1.29, 1.82) is 0 Å². The Morgan fingerprint density at radius 3 is 2.28 bits per heavy atom. The summed E-state index contributed by atoms with van der Waals surface area (Å²) in [6, 6.07) is 0. The minimum atomic E-state index is -3.11. The maximum atomic E-state index is 12.6. The van der Waals surface area contributed by atoms with Crippen LogP contribution in [0.4, 0.5) is 0 Å². The van der Waals surface area contributed by atoms with Gasteiger partial charge in [0.25, 0.3) is 0 Å². The van der Waals surface area contributed by atoms with E-state index in [1.54, 1.807) is 4.31 Å². The van der Waals surface area contributed by atoms with Gasteiger partial charge in [0.15, 0.2) is 0 Å². The topological polar surface area (TPSA) is 66.5 Å². The summed E-state index contributed by atoms with van der Waals surface area (Å²) in [6.07, 6.45) is 11.9. The highest BCUT2D eigenvalue weighted by atomic mass is 32.2. The lowest BCUT2D eigenvalue weighted by Crippen LogP contribution is -2.48. The van der Waals surface area contributed by atoms with Crippen molar-refractivity contribution in [2.75, 3.05) is 25.9 Å². The molecule has 0 aromatic heterocycles. The van der Waals surface area contributed by atoms with E-state index in [1.807, 2.05) is 0 Å². The van der Waals surface area contributed by atoms with Crippen molar-refractivity contribution in [3.63, 3.8) is 0 Å². The fourth-order valence-corrected chi connectivity index (χ4v) is 7.60. The van der Waals surface area contributed by atoms with Crippen molar-refractivity contribution in [3.05, 3.63) is 0 Å². The predicted molar refractivity (Wildman–Crippen MR) is 97.4 cm³/mol. The Morgan fingerprint density at radius 2 is 1.72 bits per heavy atom. The molecular weight excluding hydrogens is 336 g/mol. The van der Waals surface area contributed by atoms with E-state index < -0.39 is 10.0 Å². The van der Waals surface area contributed by atoms with Crippen molar-refractivity contribution in [1.82, 2.24) is 9.62 Å². The molecule has 1 unspecified atom stereocenters. The van der Waals surface area contributed by atoms with E-state index in [-0.39, 0.29) is 17.2 Å². The van der Waals surface area contributed by atoms with Crippen LogP contribution in [0.5, 0.6) is 0 Å². The Morgan fingerprint density at radius 1 is 1.12 bits per heavy atom. The van der Waals surface area contributed by atoms with Crippen LogP contribution in [0, 0.1) is 29.1 Å². The number of hydrogen-bond donors (Lipinski definition) is 1. The van der Waals surface area contributed by atoms with Gasteiger partial charge in [0.1, 0.15) is 0 Å². The standard InChI is InChI=1S/C19H32N2O3S/c1-25(23,24)21-4-2-3-14(13-21)12-20-18(22)11-19-8-15-5-16(9-19)7-17(6-15)10-19/h14-17H,2-13H2,1H3,(H,20,22). The zero-order chi connectivity index (χ0) is 17.7. The van der Waals surface area contributed by atoms with Gasteiger partial charge in [-0.15, -0.1) is 0 Å². The number of carbonyl (C=O) groups excluding carboxylic acids is 1. The number of carbonyl (C=O) groups is 1. The minimum absolute atomic E-state index is 0.193. The van der Waals surface area contributed by atoms with Gasteiger partial charge in [-0.1, -0.05) is 0 Å². The monoisotopic (exact) mass is 368 g/mol. The molecule has 5 fully saturated rings. The Kier molecular flexibility index (Phi) is 4.64. The first-order valence-corrected chi connectivity index (χ1v) is 11.9. The molecule has 0 aromatic carbocycles. The normalized spacial score (nSPS) is 41.0. The van der Waals surface area contributed by atoms with Gasteiger partial charge in [-0.05, 0) is 80.5 Å². The molecule has 1 saturated heterocycles. The van der Waals surface area contributed by atoms with Gasteiger partial charge >= 0.3 is 0 Å². The SMILES string of the molecule is CS(=O)(=O)N1CCCC(CNC(=O)CC23CC4CC(CC(C4)C2)C3)C1. The second kappa shape index (κ2) is 6.52. The summed E-state index contributed by atoms with van der Waals surface area (Å²) in [5.41, 5.74) is 0.282. The summed E-state index contributed by atoms with van der Waals surface area (Å²) in [7, 11) is -3.11. The van der Waals surface area contributed by atoms with Crippen molar-refractivity contribution in [2.45, 2.75) is 57.8 Å². The fourth-order valence-electron chi connectivity index (χ4n) is 6.66. The zero-order valence-electron chi connectivity index (χ0n) is 15.4. The van der Waals surface area contributed by atoms with E-state index in [0.717, 1.165) is 30.6 Å². The molecule has 0 radical (unpaired) electrons. The lowest BCUT2D eigenvalue weighted by Gasteiger charge is -2.56. The number of hydrogen-bond acceptors (Lipinski definition) is 3. The van der Waals surface area contributed by atoms with Crippen LogP contribution in [0.25, 0.3) is 0 Å². The average molecular weight is 369 g/mol. The summed E-state index contributed by atoms with van der Waals surface area (Å²) in [5, 5.41) is 3.14. The molecule has 25 heavy (non-hydrogen) atoms. The molecule has 0 spiro atoms. The molecule has 5 aliphatic rings. The Bertz CT molecular complexity index is 595. The van der Waals surface area contributed by atoms with Gasteiger partial charge in [-0.25, -0.2) is 12.7 Å². The molecule has 1 aliphatic heterocycles. The summed E-state index contributed by atoms with van der Waals surface area (Å²) >= 11 is 0. The van der Waals surface area contributed by atoms with Crippen LogP contribution < -0.4 is 5.32 Å². The largest absolute Gasteiger partial charge is 0.356 e. The lowest BCUT2D eigenvalue weighted by molar-refractivity contribution is -0.129. The molecule has 5 nitrogen and oxygen atoms in total. The van der Waals surface area contributed by atoms with Crippen molar-refractivity contribution < 1.29 is 13.2 Å². The van der Waals surface area contributed by atoms with E-state index in [0.29, 0.717) is 26.1 Å². The molecule has 4 bridgehead atoms. The van der Waals surface area contributed by atoms with Crippen molar-refractivity contribution in [2.24, 2.45) is 29.1 Å². The van der Waals surface area contributed by atoms with Gasteiger partial charge in [0.05, 0.1) is 6.26 Å². The van der Waals surface area contributed by atoms with Gasteiger partial charge in [-0.3, -0.25) is 4.79 Å². The third kappa shape index (κ3) is 3.90. The molecular formula is C19H32N2O3S. The third-order valence-corrected chi connectivity index (χ3v) is 8.51. The molecule has 1 heterocycles. The summed E-state index contributed by atoms with van der Waals surface area (Å²) in [4.78, 5) is 12.6. The van der Waals surface area contributed by atoms with Crippen LogP contribution in [0.1, 0.15) is 57.8 Å². The van der Waals surface area contributed by atoms with E-state index in [2.05, 4.69) is 5.32 Å². The first-order valence-electron chi connectivity index (χ1n) is 10.0. The smallest absolute Gasteiger partial charge is 0.220 e. The van der Waals surface area contributed by atoms with Gasteiger partial charge < -0.3 is 5.32 Å². The predicted octanol–water partition coefficient (Wildman–Crippen LogP) is 2.38. The molecule has 1 N–H and O–H groups in total. The number of amides is 1. The minimum Gasteiger partial charge on any atom is -0.356 e. The van der Waals surface area contributed by atoms with E-state index >= 15 is 0 Å². The highest BCUT2D eigenvalue weighted by Crippen LogP contribution is 2.61. The van der Waals surface area contributed by atoms with Crippen LogP contribution >= 0.6 is 0 Å². The average Bonchev–Trinajstić information content (AvgIpc) is 2.50. The molecule has 4 saturated carbocycles. The number of rotatable bonds is 5. The lowest BCUT2D eigenvalue weighted by atomic mass is 9.49. The first kappa shape index (κ1) is 17.8. The zero-order valence-corrected chi connectivity index (χ0v) is 16.2. The van der Waals surface area contributed by atoms with Gasteiger partial charge in [0, 0.05) is 26.1 Å². The molecule has 1 amide bonds. The number of nitrogens with one attached hydrogen (secondary N) is 1. The van der Waals surface area contributed by atoms with Crippen LogP contribution in [0.3, 0.4) is 0 Å². The van der Waals surface area contributed by atoms with Crippen LogP contribution in [0.15, 0.2) is 0 Å². The Labute approximate surface area is 152 Å². The van der Waals surface area contributed by atoms with Gasteiger partial charge in [0.2, 0.25) is 15.9 Å². The number of piperidine rings is 1. The van der Waals surface area contributed by atoms with Crippen LogP contribution in [0.2, 0.25) is 0 Å². The second-order valence-corrected chi connectivity index (χ2v) is 11.5. The maximum Gasteiger partial charge on any atom is 0.220 e. The fraction of sp³-hybridized carbons (Fsp3) is 0.947. The van der Waals surface area contributed by atoms with Crippen LogP contribution in [-0.2, 0) is 14.8 Å². The van der Waals surface area contributed by atoms with E-state index in [1.165, 1.54) is 44.8 Å². The quantitative estimate of drug-likeness (QED) is 0.810. The maximum absolute atomic E-state index is 12.6. The molecule has 6 heteroatoms. The first-order chi connectivity index (χ1) is 11.8. The molecule has 142 valence electrons. The Balaban J connectivity index is 1.28. The van der Waals surface area contributed by atoms with Crippen LogP contribution in [-0.4, -0.2) is 44.5 Å². The molecule has 0 aromatic rings. The van der Waals surface area contributed by atoms with E-state index in [4.69, 9.17) is 0 Å². The third-order valence-electron chi connectivity index (χ3n) is 7.24. The van der Waals surface area contributed by atoms with E-state index in [9.17, 15) is 13.2 Å². The molecule has 4 aliphatic carbocycles. The molecule has 5 rings (SSSR count). The second-order valence-electron chi connectivity index (χ2n) is 9.53. The summed E-state index contributed by atoms with van der Waals surface area (Å²) < 4.78 is 25.0. The van der Waals surface area contributed by atoms with Crippen molar-refractivity contribution in [3.8, 4) is 0 Å². The number of sulfonamides is 1. The van der Waals surface area contributed by atoms with Gasteiger partial charge in [-0.2, -0.15) is 0 Å². The number of nitrogens with zero attached hydrogens (tertiary/aromatic N) is 1. The highest BCUT2D eigenvalue weighted by Gasteiger charge is 2.51. The highest BCUT2D eigenvalue weighted by molar-refractivity contribution is 7.88.